The predicted molar refractivity (Wildman–Crippen MR) is 367 cm³/mol. The predicted octanol–water partition coefficient (Wildman–Crippen LogP) is 16.0. The highest BCUT2D eigenvalue weighted by molar-refractivity contribution is 6.45. The number of imide groups is 2. The van der Waals surface area contributed by atoms with Crippen LogP contribution in [-0.2, 0) is 28.7 Å². The Labute approximate surface area is 564 Å². The van der Waals surface area contributed by atoms with Crippen molar-refractivity contribution < 1.29 is 66.8 Å². The molecular formula is C76H70Cl2N4O14. The Hall–Kier alpha value is -10.3. The van der Waals surface area contributed by atoms with Crippen LogP contribution in [-0.4, -0.2) is 119 Å². The van der Waals surface area contributed by atoms with Crippen molar-refractivity contribution in [3.8, 4) is 46.0 Å². The number of nitrogens with zero attached hydrogens (tertiary/aromatic N) is 4. The lowest BCUT2D eigenvalue weighted by molar-refractivity contribution is -0.142. The van der Waals surface area contributed by atoms with Crippen molar-refractivity contribution in [2.24, 2.45) is 0 Å². The Bertz CT molecular complexity index is 4220. The highest BCUT2D eigenvalue weighted by atomic mass is 35.5. The Morgan fingerprint density at radius 1 is 0.417 bits per heavy atom. The summed E-state index contributed by atoms with van der Waals surface area (Å²) in [5, 5.41) is 1.22. The number of likely N-dealkylation sites (N-methyl/N-ethyl adjacent to an activating group) is 2. The van der Waals surface area contributed by atoms with Gasteiger partial charge in [-0.25, -0.2) is 9.59 Å². The third kappa shape index (κ3) is 12.5. The highest BCUT2D eigenvalue weighted by Gasteiger charge is 2.47. The van der Waals surface area contributed by atoms with Gasteiger partial charge in [-0.3, -0.25) is 38.6 Å². The monoisotopic (exact) mass is 1330 g/mol. The number of benzene rings is 9. The van der Waals surface area contributed by atoms with Gasteiger partial charge >= 0.3 is 11.9 Å². The van der Waals surface area contributed by atoms with Crippen molar-refractivity contribution >= 4 is 114 Å². The van der Waals surface area contributed by atoms with Crippen molar-refractivity contribution in [1.29, 1.82) is 0 Å². The molecule has 0 aliphatic carbocycles. The van der Waals surface area contributed by atoms with Crippen LogP contribution in [0.5, 0.6) is 46.0 Å². The number of unbranched alkanes of at least 4 members (excludes halogenated alkanes) is 2. The first kappa shape index (κ1) is 67.1. The first-order valence-electron chi connectivity index (χ1n) is 31.6. The lowest BCUT2D eigenvalue weighted by Crippen LogP contribution is -2.54. The molecule has 2 aliphatic heterocycles. The third-order valence-electron chi connectivity index (χ3n) is 17.6. The summed E-state index contributed by atoms with van der Waals surface area (Å²) < 4.78 is 39.4. The number of hydrogen-bond acceptors (Lipinski definition) is 14. The van der Waals surface area contributed by atoms with Crippen molar-refractivity contribution in [3.05, 3.63) is 189 Å². The summed E-state index contributed by atoms with van der Waals surface area (Å²) in [5.74, 6) is -4.48. The van der Waals surface area contributed by atoms with Crippen molar-refractivity contribution in [2.45, 2.75) is 92.2 Å². The molecule has 6 amide bonds. The summed E-state index contributed by atoms with van der Waals surface area (Å²) in [6.45, 7) is 17.3. The summed E-state index contributed by atoms with van der Waals surface area (Å²) in [7, 11) is 2.97. The smallest absolute Gasteiger partial charge is 0.349 e. The number of carbonyl (C=O) groups is 8. The number of halogens is 2. The average molecular weight is 1330 g/mol. The second kappa shape index (κ2) is 28.0. The molecule has 11 rings (SSSR count). The number of para-hydroxylation sites is 4. The topological polar surface area (TPSA) is 205 Å². The fraction of sp³-hybridized carbons (Fsp3) is 0.263. The molecule has 9 aromatic carbocycles. The summed E-state index contributed by atoms with van der Waals surface area (Å²) >= 11 is 11.6. The molecule has 0 bridgehead atoms. The van der Waals surface area contributed by atoms with E-state index in [1.807, 2.05) is 90.1 Å². The standard InChI is InChI=1S/C76H70Cl2N4O14/c1-11-13-27-51(73(87)79(9)33-35-91-75(89)45(7)77)81-69(83)47-37-57(93-53-29-19-15-23-41(53)3)63-65-59(95-55-31-21-17-25-43(55)5)39-49-62-50(72(86)82(71(49)85)52(28-14-12-2)74(88)80(10)34-36-92-76(90)46(8)78)40-60(96-56-32-22-18-26-44(56)6)66(68(62)65)64-58(94-54-30-20-16-24-42(54)4)38-48(70(81)84)61(47)67(63)64/h15-26,29-32,37-40,51-52H,7-8,11-14,27-28,33-36H2,1-6,9-10H3. The molecule has 0 saturated carbocycles. The molecule has 0 radical (unpaired) electrons. The van der Waals surface area contributed by atoms with Crippen molar-refractivity contribution in [1.82, 2.24) is 19.6 Å². The van der Waals surface area contributed by atoms with Gasteiger partial charge < -0.3 is 38.2 Å². The minimum atomic E-state index is -1.38. The van der Waals surface area contributed by atoms with E-state index >= 15 is 28.8 Å². The number of amides is 6. The van der Waals surface area contributed by atoms with Crippen LogP contribution in [0.15, 0.2) is 145 Å². The van der Waals surface area contributed by atoms with Gasteiger partial charge in [-0.1, -0.05) is 149 Å². The van der Waals surface area contributed by atoms with Crippen LogP contribution >= 0.6 is 23.2 Å². The van der Waals surface area contributed by atoms with Gasteiger partial charge in [-0.15, -0.1) is 0 Å². The lowest BCUT2D eigenvalue weighted by atomic mass is 9.80. The zero-order chi connectivity index (χ0) is 68.5. The molecular weight excluding hydrogens is 1260 g/mol. The Balaban J connectivity index is 1.29. The van der Waals surface area contributed by atoms with Crippen molar-refractivity contribution in [2.75, 3.05) is 40.4 Å². The van der Waals surface area contributed by atoms with Gasteiger partial charge in [0.15, 0.2) is 0 Å². The number of hydrogen-bond donors (Lipinski definition) is 0. The van der Waals surface area contributed by atoms with Crippen molar-refractivity contribution in [3.63, 3.8) is 0 Å². The summed E-state index contributed by atoms with van der Waals surface area (Å²) in [6.07, 6.45) is 2.14. The third-order valence-corrected chi connectivity index (χ3v) is 17.9. The maximum atomic E-state index is 16.2. The number of esters is 2. The molecule has 20 heteroatoms. The van der Waals surface area contributed by atoms with E-state index < -0.39 is 59.5 Å². The van der Waals surface area contributed by atoms with E-state index in [1.54, 1.807) is 72.8 Å². The molecule has 0 spiro atoms. The van der Waals surface area contributed by atoms with Crippen LogP contribution < -0.4 is 18.9 Å². The number of carbonyl (C=O) groups excluding carboxylic acids is 8. The Morgan fingerprint density at radius 3 is 0.917 bits per heavy atom. The molecule has 0 saturated heterocycles. The molecule has 9 aromatic rings. The largest absolute Gasteiger partial charge is 0.460 e. The van der Waals surface area contributed by atoms with E-state index in [2.05, 4.69) is 13.2 Å². The van der Waals surface area contributed by atoms with Crippen LogP contribution in [0.3, 0.4) is 0 Å². The Kier molecular flexibility index (Phi) is 19.5. The van der Waals surface area contributed by atoms with E-state index in [0.717, 1.165) is 9.80 Å². The van der Waals surface area contributed by atoms with E-state index in [0.29, 0.717) is 70.9 Å². The SMILES string of the molecule is C=C(Cl)C(=O)OCCN(C)C(=O)C(CCCC)N1C(=O)c2cc(Oc3ccccc3C)c3c4c(Oc5ccccc5C)cc5c6c(cc(Oc7ccccc7C)c(c7c(Oc8ccccc8C)cc(c2c37)C1=O)c64)C(=O)N(C(CCCC)C(=O)N(C)CCOC(=O)C(=C)Cl)C5=O. The molecule has 0 fully saturated rings. The summed E-state index contributed by atoms with van der Waals surface area (Å²) in [4.78, 5) is 124. The molecule has 2 heterocycles. The van der Waals surface area contributed by atoms with Crippen LogP contribution in [0.4, 0.5) is 0 Å². The molecule has 0 N–H and O–H groups in total. The van der Waals surface area contributed by atoms with Crippen LogP contribution in [0.2, 0.25) is 0 Å². The summed E-state index contributed by atoms with van der Waals surface area (Å²) in [5.41, 5.74) is 2.72. The lowest BCUT2D eigenvalue weighted by Gasteiger charge is -2.37. The molecule has 0 aromatic heterocycles. The quantitative estimate of drug-likeness (QED) is 0.0163. The van der Waals surface area contributed by atoms with Gasteiger partial charge in [0.2, 0.25) is 11.8 Å². The second-order valence-electron chi connectivity index (χ2n) is 24.0. The zero-order valence-corrected chi connectivity index (χ0v) is 56.0. The van der Waals surface area contributed by atoms with Gasteiger partial charge in [0.1, 0.15) is 81.4 Å². The molecule has 18 nitrogen and oxygen atoms in total. The molecule has 492 valence electrons. The fourth-order valence-electron chi connectivity index (χ4n) is 12.5. The highest BCUT2D eigenvalue weighted by Crippen LogP contribution is 2.58. The zero-order valence-electron chi connectivity index (χ0n) is 54.4. The van der Waals surface area contributed by atoms with E-state index in [9.17, 15) is 9.59 Å². The van der Waals surface area contributed by atoms with Crippen LogP contribution in [0, 0.1) is 27.7 Å². The van der Waals surface area contributed by atoms with Crippen LogP contribution in [0.25, 0.3) is 43.1 Å². The van der Waals surface area contributed by atoms with E-state index in [1.165, 1.54) is 23.9 Å². The normalized spacial score (nSPS) is 13.3. The van der Waals surface area contributed by atoms with Crippen LogP contribution in [0.1, 0.15) is 116 Å². The molecule has 2 aliphatic rings. The van der Waals surface area contributed by atoms with Gasteiger partial charge in [0.25, 0.3) is 23.6 Å². The number of rotatable bonds is 26. The first-order valence-corrected chi connectivity index (χ1v) is 32.4. The Morgan fingerprint density at radius 2 is 0.677 bits per heavy atom. The molecule has 2 unspecified atom stereocenters. The summed E-state index contributed by atoms with van der Waals surface area (Å²) in [6, 6.07) is 32.6. The van der Waals surface area contributed by atoms with Gasteiger partial charge in [-0.2, -0.15) is 0 Å². The minimum absolute atomic E-state index is 0.0182. The van der Waals surface area contributed by atoms with Gasteiger partial charge in [-0.05, 0) is 111 Å². The maximum absolute atomic E-state index is 16.2. The second-order valence-corrected chi connectivity index (χ2v) is 24.9. The average Bonchev–Trinajstić information content (AvgIpc) is 0.672. The van der Waals surface area contributed by atoms with E-state index in [4.69, 9.17) is 51.6 Å². The number of ether oxygens (including phenoxy) is 6. The fourth-order valence-corrected chi connectivity index (χ4v) is 12.7. The van der Waals surface area contributed by atoms with E-state index in [-0.39, 0.29) is 138 Å². The van der Waals surface area contributed by atoms with Gasteiger partial charge in [0.05, 0.1) is 35.3 Å². The van der Waals surface area contributed by atoms with Gasteiger partial charge in [0, 0.05) is 57.2 Å². The maximum Gasteiger partial charge on any atom is 0.349 e. The minimum Gasteiger partial charge on any atom is -0.460 e. The number of aryl methyl sites for hydroxylation is 4. The molecule has 96 heavy (non-hydrogen) atoms. The number of fused-ring (bicyclic) bond motifs is 2. The molecule has 2 atom stereocenters. The first-order chi connectivity index (χ1) is 46.1.